The maximum Gasteiger partial charge on any atom is 0.0122 e. The summed E-state index contributed by atoms with van der Waals surface area (Å²) in [4.78, 5) is 1.23. The van der Waals surface area contributed by atoms with Gasteiger partial charge in [0, 0.05) is 11.6 Å². The highest BCUT2D eigenvalue weighted by Gasteiger charge is 2.22. The standard InChI is InChI=1S/C19H25NS/c1-13-7-9-16(19(21)11-13)15-8-10-18(20)17(12-15)14-5-3-2-4-6-14/h3,5,7,9,12-14,21H,2,4,6,8,10-11,20H2,1H3/t13-,14?/m0/s1. The normalized spacial score (nSPS) is 29.9. The number of allylic oxidation sites excluding steroid dienone is 10. The molecule has 1 unspecified atom stereocenters. The fourth-order valence-electron chi connectivity index (χ4n) is 3.53. The lowest BCUT2D eigenvalue weighted by molar-refractivity contribution is 0.602. The van der Waals surface area contributed by atoms with Gasteiger partial charge >= 0.3 is 0 Å². The van der Waals surface area contributed by atoms with Crippen LogP contribution >= 0.6 is 12.6 Å². The lowest BCUT2D eigenvalue weighted by Crippen LogP contribution is -2.15. The number of hydrogen-bond donors (Lipinski definition) is 2. The molecule has 3 aliphatic carbocycles. The van der Waals surface area contributed by atoms with E-state index in [9.17, 15) is 0 Å². The Morgan fingerprint density at radius 1 is 1.24 bits per heavy atom. The molecule has 0 heterocycles. The Morgan fingerprint density at radius 3 is 2.81 bits per heavy atom. The molecule has 3 aliphatic rings. The molecule has 0 spiro atoms. The third-order valence-electron chi connectivity index (χ3n) is 4.78. The molecule has 0 amide bonds. The molecule has 0 aliphatic heterocycles. The van der Waals surface area contributed by atoms with Gasteiger partial charge < -0.3 is 5.73 Å². The van der Waals surface area contributed by atoms with Crippen molar-refractivity contribution in [3.05, 3.63) is 57.7 Å². The van der Waals surface area contributed by atoms with Crippen molar-refractivity contribution >= 4 is 12.6 Å². The van der Waals surface area contributed by atoms with Crippen LogP contribution in [0, 0.1) is 11.8 Å². The molecular weight excluding hydrogens is 274 g/mol. The summed E-state index contributed by atoms with van der Waals surface area (Å²) >= 11 is 4.73. The smallest absolute Gasteiger partial charge is 0.0122 e. The summed E-state index contributed by atoms with van der Waals surface area (Å²) in [6.45, 7) is 2.24. The molecule has 0 aromatic carbocycles. The van der Waals surface area contributed by atoms with Gasteiger partial charge in [-0.2, -0.15) is 0 Å². The van der Waals surface area contributed by atoms with Gasteiger partial charge in [0.25, 0.3) is 0 Å². The Balaban J connectivity index is 1.91. The van der Waals surface area contributed by atoms with Crippen LogP contribution < -0.4 is 5.73 Å². The third kappa shape index (κ3) is 3.21. The minimum atomic E-state index is 0.518. The van der Waals surface area contributed by atoms with Gasteiger partial charge in [-0.1, -0.05) is 37.3 Å². The van der Waals surface area contributed by atoms with Crippen LogP contribution in [-0.4, -0.2) is 0 Å². The van der Waals surface area contributed by atoms with Crippen LogP contribution in [-0.2, 0) is 0 Å². The highest BCUT2D eigenvalue weighted by Crippen LogP contribution is 2.38. The first-order valence-corrected chi connectivity index (χ1v) is 8.56. The molecule has 0 saturated carbocycles. The molecule has 0 saturated heterocycles. The van der Waals surface area contributed by atoms with Crippen molar-refractivity contribution < 1.29 is 0 Å². The minimum Gasteiger partial charge on any atom is -0.402 e. The maximum atomic E-state index is 6.31. The van der Waals surface area contributed by atoms with Gasteiger partial charge in [-0.25, -0.2) is 0 Å². The predicted octanol–water partition coefficient (Wildman–Crippen LogP) is 5.06. The van der Waals surface area contributed by atoms with E-state index in [2.05, 4.69) is 37.3 Å². The van der Waals surface area contributed by atoms with Crippen molar-refractivity contribution in [3.8, 4) is 0 Å². The molecule has 2 atom stereocenters. The molecular formula is C19H25NS. The quantitative estimate of drug-likeness (QED) is 0.541. The van der Waals surface area contributed by atoms with Gasteiger partial charge in [0.2, 0.25) is 0 Å². The lowest BCUT2D eigenvalue weighted by Gasteiger charge is -2.27. The van der Waals surface area contributed by atoms with Gasteiger partial charge in [-0.3, -0.25) is 0 Å². The highest BCUT2D eigenvalue weighted by atomic mass is 32.1. The predicted molar refractivity (Wildman–Crippen MR) is 93.9 cm³/mol. The van der Waals surface area contributed by atoms with Crippen LogP contribution in [0.2, 0.25) is 0 Å². The van der Waals surface area contributed by atoms with Gasteiger partial charge in [-0.15, -0.1) is 12.6 Å². The molecule has 0 aromatic rings. The Labute approximate surface area is 133 Å². The number of nitrogens with two attached hydrogens (primary N) is 1. The van der Waals surface area contributed by atoms with Crippen molar-refractivity contribution in [2.45, 2.75) is 45.4 Å². The number of hydrogen-bond acceptors (Lipinski definition) is 2. The summed E-state index contributed by atoms with van der Waals surface area (Å²) in [5.41, 5.74) is 11.5. The van der Waals surface area contributed by atoms with E-state index < -0.39 is 0 Å². The third-order valence-corrected chi connectivity index (χ3v) is 5.21. The lowest BCUT2D eigenvalue weighted by atomic mass is 9.81. The molecule has 0 fully saturated rings. The average molecular weight is 299 g/mol. The summed E-state index contributed by atoms with van der Waals surface area (Å²) in [7, 11) is 0. The molecule has 21 heavy (non-hydrogen) atoms. The molecule has 2 heteroatoms. The van der Waals surface area contributed by atoms with Crippen LogP contribution in [0.3, 0.4) is 0 Å². The summed E-state index contributed by atoms with van der Waals surface area (Å²) in [5.74, 6) is 1.12. The second-order valence-corrected chi connectivity index (χ2v) is 7.06. The van der Waals surface area contributed by atoms with Crippen LogP contribution in [0.1, 0.15) is 45.4 Å². The van der Waals surface area contributed by atoms with E-state index >= 15 is 0 Å². The van der Waals surface area contributed by atoms with E-state index in [-0.39, 0.29) is 0 Å². The zero-order valence-corrected chi connectivity index (χ0v) is 13.7. The summed E-state index contributed by atoms with van der Waals surface area (Å²) in [6.07, 6.45) is 18.4. The molecule has 1 nitrogen and oxygen atoms in total. The monoisotopic (exact) mass is 299 g/mol. The van der Waals surface area contributed by atoms with E-state index in [1.807, 2.05) is 0 Å². The summed E-state index contributed by atoms with van der Waals surface area (Å²) in [6, 6.07) is 0. The molecule has 2 N–H and O–H groups in total. The largest absolute Gasteiger partial charge is 0.402 e. The van der Waals surface area contributed by atoms with Crippen LogP contribution in [0.25, 0.3) is 0 Å². The Hall–Kier alpha value is -1.15. The average Bonchev–Trinajstić information content (AvgIpc) is 2.49. The van der Waals surface area contributed by atoms with E-state index in [1.54, 1.807) is 0 Å². The maximum absolute atomic E-state index is 6.31. The SMILES string of the molecule is C[C@H]1C=CC(C2=CC(C3C=CCCC3)=C(N)CC2)=C(S)C1. The van der Waals surface area contributed by atoms with E-state index in [1.165, 1.54) is 40.9 Å². The molecule has 0 radical (unpaired) electrons. The van der Waals surface area contributed by atoms with Crippen molar-refractivity contribution in [2.24, 2.45) is 17.6 Å². The molecule has 0 aromatic heterocycles. The van der Waals surface area contributed by atoms with E-state index in [0.717, 1.165) is 25.0 Å². The number of thiol groups is 1. The van der Waals surface area contributed by atoms with Gasteiger partial charge in [0.15, 0.2) is 0 Å². The summed E-state index contributed by atoms with van der Waals surface area (Å²) in [5, 5.41) is 0. The Kier molecular flexibility index (Phi) is 4.44. The summed E-state index contributed by atoms with van der Waals surface area (Å²) < 4.78 is 0. The van der Waals surface area contributed by atoms with Crippen LogP contribution in [0.15, 0.2) is 57.7 Å². The fraction of sp³-hybridized carbons (Fsp3) is 0.474. The van der Waals surface area contributed by atoms with E-state index in [0.29, 0.717) is 11.8 Å². The second-order valence-electron chi connectivity index (χ2n) is 6.52. The minimum absolute atomic E-state index is 0.518. The van der Waals surface area contributed by atoms with Gasteiger partial charge in [0.05, 0.1) is 0 Å². The number of rotatable bonds is 2. The fourth-order valence-corrected chi connectivity index (χ4v) is 4.03. The first kappa shape index (κ1) is 14.8. The molecule has 0 bridgehead atoms. The van der Waals surface area contributed by atoms with Gasteiger partial charge in [-0.05, 0) is 66.1 Å². The zero-order chi connectivity index (χ0) is 14.8. The Bertz CT molecular complexity index is 574. The Morgan fingerprint density at radius 2 is 2.10 bits per heavy atom. The van der Waals surface area contributed by atoms with Crippen molar-refractivity contribution in [2.75, 3.05) is 0 Å². The first-order chi connectivity index (χ1) is 10.1. The second kappa shape index (κ2) is 6.31. The highest BCUT2D eigenvalue weighted by molar-refractivity contribution is 7.84. The van der Waals surface area contributed by atoms with Crippen molar-refractivity contribution in [1.82, 2.24) is 0 Å². The van der Waals surface area contributed by atoms with Gasteiger partial charge in [0.1, 0.15) is 0 Å². The topological polar surface area (TPSA) is 26.0 Å². The molecule has 3 rings (SSSR count). The van der Waals surface area contributed by atoms with Crippen LogP contribution in [0.4, 0.5) is 0 Å². The zero-order valence-electron chi connectivity index (χ0n) is 12.8. The van der Waals surface area contributed by atoms with Crippen molar-refractivity contribution in [1.29, 1.82) is 0 Å². The van der Waals surface area contributed by atoms with E-state index in [4.69, 9.17) is 18.4 Å². The van der Waals surface area contributed by atoms with Crippen molar-refractivity contribution in [3.63, 3.8) is 0 Å². The van der Waals surface area contributed by atoms with Crippen LogP contribution in [0.5, 0.6) is 0 Å². The molecule has 112 valence electrons. The first-order valence-electron chi connectivity index (χ1n) is 8.11.